The molecule has 37 heavy (non-hydrogen) atoms. The fourth-order valence-corrected chi connectivity index (χ4v) is 4.43. The van der Waals surface area contributed by atoms with Crippen LogP contribution in [-0.2, 0) is 27.5 Å². The minimum Gasteiger partial charge on any atom is -0.496 e. The maximum Gasteiger partial charge on any atom is 0.241 e. The minimum absolute atomic E-state index is 0.0318. The summed E-state index contributed by atoms with van der Waals surface area (Å²) in [6, 6.07) is 23.5. The predicted molar refractivity (Wildman–Crippen MR) is 147 cm³/mol. The van der Waals surface area contributed by atoms with Crippen molar-refractivity contribution in [1.82, 2.24) is 5.32 Å². The molecular weight excluding hydrogens is 536 g/mol. The average Bonchev–Trinajstić information content (AvgIpc) is 2.92. The SMILES string of the molecule is COc1ccccc1COCCCOc1ccc(N2C(=O)CNC[C@@H]2COCc2ccc(Br)cc2)cc1. The van der Waals surface area contributed by atoms with Crippen molar-refractivity contribution < 1.29 is 23.7 Å². The largest absolute Gasteiger partial charge is 0.496 e. The summed E-state index contributed by atoms with van der Waals surface area (Å²) < 4.78 is 24.0. The average molecular weight is 569 g/mol. The van der Waals surface area contributed by atoms with Crippen molar-refractivity contribution in [1.29, 1.82) is 0 Å². The van der Waals surface area contributed by atoms with Crippen molar-refractivity contribution in [2.24, 2.45) is 0 Å². The van der Waals surface area contributed by atoms with E-state index in [1.807, 2.05) is 77.7 Å². The zero-order chi connectivity index (χ0) is 25.9. The number of methoxy groups -OCH3 is 1. The van der Waals surface area contributed by atoms with Crippen LogP contribution in [0.5, 0.6) is 11.5 Å². The van der Waals surface area contributed by atoms with Gasteiger partial charge in [0.1, 0.15) is 11.5 Å². The molecule has 1 heterocycles. The Morgan fingerprint density at radius 2 is 1.73 bits per heavy atom. The van der Waals surface area contributed by atoms with Crippen LogP contribution < -0.4 is 19.7 Å². The maximum absolute atomic E-state index is 12.7. The number of halogens is 1. The van der Waals surface area contributed by atoms with Gasteiger partial charge in [-0.25, -0.2) is 0 Å². The lowest BCUT2D eigenvalue weighted by atomic mass is 10.1. The van der Waals surface area contributed by atoms with Crippen LogP contribution in [0.3, 0.4) is 0 Å². The summed E-state index contributed by atoms with van der Waals surface area (Å²) in [6.07, 6.45) is 0.769. The quantitative estimate of drug-likeness (QED) is 0.294. The zero-order valence-corrected chi connectivity index (χ0v) is 22.6. The van der Waals surface area contributed by atoms with Gasteiger partial charge in [0, 0.05) is 28.7 Å². The number of piperazine rings is 1. The summed E-state index contributed by atoms with van der Waals surface area (Å²) in [7, 11) is 1.66. The predicted octanol–water partition coefficient (Wildman–Crippen LogP) is 4.97. The van der Waals surface area contributed by atoms with Gasteiger partial charge in [-0.1, -0.05) is 46.3 Å². The van der Waals surface area contributed by atoms with Gasteiger partial charge in [-0.05, 0) is 48.0 Å². The molecule has 1 fully saturated rings. The molecule has 0 saturated carbocycles. The number of nitrogens with zero attached hydrogens (tertiary/aromatic N) is 1. The van der Waals surface area contributed by atoms with Crippen LogP contribution in [0.2, 0.25) is 0 Å². The minimum atomic E-state index is -0.0798. The molecule has 1 saturated heterocycles. The summed E-state index contributed by atoms with van der Waals surface area (Å²) in [6.45, 7) is 3.59. The van der Waals surface area contributed by atoms with Crippen molar-refractivity contribution in [3.8, 4) is 11.5 Å². The van der Waals surface area contributed by atoms with Crippen LogP contribution in [0.25, 0.3) is 0 Å². The monoisotopic (exact) mass is 568 g/mol. The van der Waals surface area contributed by atoms with E-state index in [0.717, 1.165) is 39.2 Å². The zero-order valence-electron chi connectivity index (χ0n) is 21.0. The van der Waals surface area contributed by atoms with Crippen LogP contribution in [0.1, 0.15) is 17.5 Å². The van der Waals surface area contributed by atoms with Crippen molar-refractivity contribution >= 4 is 27.5 Å². The number of amides is 1. The Morgan fingerprint density at radius 1 is 0.946 bits per heavy atom. The maximum atomic E-state index is 12.7. The van der Waals surface area contributed by atoms with Gasteiger partial charge in [0.2, 0.25) is 5.91 Å². The first-order valence-electron chi connectivity index (χ1n) is 12.4. The lowest BCUT2D eigenvalue weighted by Gasteiger charge is -2.36. The number of ether oxygens (including phenoxy) is 4. The molecule has 196 valence electrons. The first kappa shape index (κ1) is 27.1. The van der Waals surface area contributed by atoms with Crippen LogP contribution in [-0.4, -0.2) is 52.0 Å². The molecule has 1 aliphatic heterocycles. The highest BCUT2D eigenvalue weighted by molar-refractivity contribution is 9.10. The summed E-state index contributed by atoms with van der Waals surface area (Å²) in [5.74, 6) is 1.63. The highest BCUT2D eigenvalue weighted by Gasteiger charge is 2.29. The highest BCUT2D eigenvalue weighted by Crippen LogP contribution is 2.24. The second kappa shape index (κ2) is 14.1. The molecule has 3 aromatic carbocycles. The van der Waals surface area contributed by atoms with E-state index >= 15 is 0 Å². The molecular formula is C29H33BrN2O5. The number of carbonyl (C=O) groups is 1. The van der Waals surface area contributed by atoms with E-state index < -0.39 is 0 Å². The van der Waals surface area contributed by atoms with Crippen molar-refractivity contribution in [3.63, 3.8) is 0 Å². The van der Waals surface area contributed by atoms with Gasteiger partial charge in [-0.15, -0.1) is 0 Å². The molecule has 0 radical (unpaired) electrons. The summed E-state index contributed by atoms with van der Waals surface area (Å²) in [5, 5.41) is 3.19. The lowest BCUT2D eigenvalue weighted by molar-refractivity contribution is -0.119. The molecule has 7 nitrogen and oxygen atoms in total. The third kappa shape index (κ3) is 8.04. The molecule has 0 bridgehead atoms. The van der Waals surface area contributed by atoms with Crippen molar-refractivity contribution in [2.45, 2.75) is 25.7 Å². The fraction of sp³-hybridized carbons (Fsp3) is 0.345. The molecule has 0 unspecified atom stereocenters. The summed E-state index contributed by atoms with van der Waals surface area (Å²) >= 11 is 3.45. The topological polar surface area (TPSA) is 69.3 Å². The van der Waals surface area contributed by atoms with E-state index in [4.69, 9.17) is 18.9 Å². The number of hydrogen-bond acceptors (Lipinski definition) is 6. The molecule has 1 N–H and O–H groups in total. The molecule has 8 heteroatoms. The second-order valence-electron chi connectivity index (χ2n) is 8.75. The fourth-order valence-electron chi connectivity index (χ4n) is 4.17. The molecule has 4 rings (SSSR count). The Kier molecular flexibility index (Phi) is 10.4. The Bertz CT molecular complexity index is 1120. The normalized spacial score (nSPS) is 15.6. The van der Waals surface area contributed by atoms with Crippen LogP contribution in [0.4, 0.5) is 5.69 Å². The standard InChI is InChI=1S/C29H33BrN2O5/c1-34-28-6-3-2-5-23(28)20-35-15-4-16-37-27-13-11-25(12-14-27)32-26(17-31-18-29(32)33)21-36-19-22-7-9-24(30)10-8-22/h2-3,5-14,26,31H,4,15-21H2,1H3/t26-/m1/s1. The Hall–Kier alpha value is -2.91. The third-order valence-electron chi connectivity index (χ3n) is 6.05. The van der Waals surface area contributed by atoms with Gasteiger partial charge in [0.05, 0.1) is 52.7 Å². The van der Waals surface area contributed by atoms with Crippen LogP contribution >= 0.6 is 15.9 Å². The Labute approximate surface area is 226 Å². The first-order chi connectivity index (χ1) is 18.1. The van der Waals surface area contributed by atoms with E-state index in [-0.39, 0.29) is 11.9 Å². The summed E-state index contributed by atoms with van der Waals surface area (Å²) in [4.78, 5) is 14.6. The van der Waals surface area contributed by atoms with Crippen molar-refractivity contribution in [2.75, 3.05) is 44.9 Å². The Morgan fingerprint density at radius 3 is 2.51 bits per heavy atom. The van der Waals surface area contributed by atoms with Crippen LogP contribution in [0, 0.1) is 0 Å². The van der Waals surface area contributed by atoms with Gasteiger partial charge in [0.25, 0.3) is 0 Å². The van der Waals surface area contributed by atoms with E-state index in [1.165, 1.54) is 0 Å². The molecule has 3 aromatic rings. The van der Waals surface area contributed by atoms with Crippen LogP contribution in [0.15, 0.2) is 77.3 Å². The van der Waals surface area contributed by atoms with Gasteiger partial charge in [-0.2, -0.15) is 0 Å². The molecule has 0 aromatic heterocycles. The van der Waals surface area contributed by atoms with Gasteiger partial charge >= 0.3 is 0 Å². The van der Waals surface area contributed by atoms with E-state index in [9.17, 15) is 4.79 Å². The number of hydrogen-bond donors (Lipinski definition) is 1. The third-order valence-corrected chi connectivity index (χ3v) is 6.58. The lowest BCUT2D eigenvalue weighted by Crippen LogP contribution is -2.57. The second-order valence-corrected chi connectivity index (χ2v) is 9.67. The van der Waals surface area contributed by atoms with E-state index in [2.05, 4.69) is 21.2 Å². The number of anilines is 1. The first-order valence-corrected chi connectivity index (χ1v) is 13.2. The Balaban J connectivity index is 1.22. The number of para-hydroxylation sites is 1. The molecule has 0 aliphatic carbocycles. The molecule has 0 spiro atoms. The number of nitrogens with one attached hydrogen (secondary N) is 1. The molecule has 1 amide bonds. The van der Waals surface area contributed by atoms with Gasteiger partial charge < -0.3 is 29.2 Å². The smallest absolute Gasteiger partial charge is 0.241 e. The molecule has 1 atom stereocenters. The van der Waals surface area contributed by atoms with Crippen molar-refractivity contribution in [3.05, 3.63) is 88.4 Å². The van der Waals surface area contributed by atoms with Gasteiger partial charge in [0.15, 0.2) is 0 Å². The molecule has 1 aliphatic rings. The van der Waals surface area contributed by atoms with E-state index in [1.54, 1.807) is 7.11 Å². The van der Waals surface area contributed by atoms with E-state index in [0.29, 0.717) is 46.1 Å². The summed E-state index contributed by atoms with van der Waals surface area (Å²) in [5.41, 5.74) is 2.97. The number of benzene rings is 3. The number of rotatable bonds is 13. The number of carbonyl (C=O) groups excluding carboxylic acids is 1. The van der Waals surface area contributed by atoms with Gasteiger partial charge in [-0.3, -0.25) is 4.79 Å². The highest BCUT2D eigenvalue weighted by atomic mass is 79.9.